The number of hydrogen-bond donors (Lipinski definition) is 0. The molecule has 1 saturated carbocycles. The Hall–Kier alpha value is -1.78. The molecule has 152 valence electrons. The van der Waals surface area contributed by atoms with Crippen LogP contribution >= 0.6 is 23.1 Å². The third-order valence-corrected chi connectivity index (χ3v) is 8.43. The summed E-state index contributed by atoms with van der Waals surface area (Å²) in [6, 6.07) is 9.40. The Morgan fingerprint density at radius 1 is 1.03 bits per heavy atom. The Kier molecular flexibility index (Phi) is 6.94. The van der Waals surface area contributed by atoms with Crippen LogP contribution in [0.5, 0.6) is 0 Å². The number of nitrogens with zero attached hydrogens (tertiary/aromatic N) is 2. The molecule has 29 heavy (non-hydrogen) atoms. The minimum atomic E-state index is 0.767. The number of benzene rings is 1. The second-order valence-corrected chi connectivity index (χ2v) is 9.90. The fraction of sp³-hybridized carbons (Fsp3) is 0.400. The van der Waals surface area contributed by atoms with Crippen LogP contribution in [0.15, 0.2) is 65.8 Å². The molecule has 1 aliphatic carbocycles. The van der Waals surface area contributed by atoms with Gasteiger partial charge in [-0.1, -0.05) is 66.7 Å². The maximum atomic E-state index is 2.62. The van der Waals surface area contributed by atoms with E-state index >= 15 is 0 Å². The average molecular weight is 424 g/mol. The van der Waals surface area contributed by atoms with Gasteiger partial charge in [0.25, 0.3) is 5.01 Å². The highest BCUT2D eigenvalue weighted by molar-refractivity contribution is 8.03. The third kappa shape index (κ3) is 4.54. The smallest absolute Gasteiger partial charge is 0.262 e. The molecule has 0 amide bonds. The first-order valence-electron chi connectivity index (χ1n) is 10.9. The molecule has 1 saturated heterocycles. The number of allylic oxidation sites excluding steroid dienone is 6. The second-order valence-electron chi connectivity index (χ2n) is 7.58. The first-order chi connectivity index (χ1) is 14.3. The molecule has 2 aliphatic rings. The highest BCUT2D eigenvalue weighted by atomic mass is 32.2. The molecule has 0 spiro atoms. The maximum absolute atomic E-state index is 2.62. The summed E-state index contributed by atoms with van der Waals surface area (Å²) in [5.74, 6) is 0. The van der Waals surface area contributed by atoms with Crippen LogP contribution in [0.3, 0.4) is 0 Å². The molecule has 2 unspecified atom stereocenters. The highest BCUT2D eigenvalue weighted by Crippen LogP contribution is 2.45. The van der Waals surface area contributed by atoms with Crippen molar-refractivity contribution in [1.29, 1.82) is 0 Å². The van der Waals surface area contributed by atoms with Crippen LogP contribution in [-0.4, -0.2) is 22.7 Å². The first kappa shape index (κ1) is 20.5. The van der Waals surface area contributed by atoms with Crippen LogP contribution in [0.1, 0.15) is 44.5 Å². The molecule has 1 aliphatic heterocycles. The van der Waals surface area contributed by atoms with E-state index in [1.54, 1.807) is 0 Å². The summed E-state index contributed by atoms with van der Waals surface area (Å²) in [7, 11) is 0. The lowest BCUT2D eigenvalue weighted by atomic mass is 9.94. The third-order valence-electron chi connectivity index (χ3n) is 5.84. The zero-order valence-corrected chi connectivity index (χ0v) is 19.1. The molecule has 1 aromatic carbocycles. The van der Waals surface area contributed by atoms with Gasteiger partial charge in [-0.25, -0.2) is 0 Å². The fourth-order valence-corrected chi connectivity index (χ4v) is 7.18. The molecule has 0 radical (unpaired) electrons. The highest BCUT2D eigenvalue weighted by Gasteiger charge is 2.37. The number of hydrogen-bond acceptors (Lipinski definition) is 3. The van der Waals surface area contributed by atoms with Gasteiger partial charge in [-0.3, -0.25) is 0 Å². The maximum Gasteiger partial charge on any atom is 0.262 e. The summed E-state index contributed by atoms with van der Waals surface area (Å²) in [6.07, 6.45) is 20.8. The van der Waals surface area contributed by atoms with Gasteiger partial charge < -0.3 is 4.90 Å². The lowest BCUT2D eigenvalue weighted by Crippen LogP contribution is -2.36. The zero-order chi connectivity index (χ0) is 20.1. The predicted molar refractivity (Wildman–Crippen MR) is 129 cm³/mol. The molecular formula is C25H31N2S2+. The normalized spacial score (nSPS) is 24.1. The molecule has 4 rings (SSSR count). The summed E-state index contributed by atoms with van der Waals surface area (Å²) >= 11 is 3.95. The number of aromatic nitrogens is 1. The lowest BCUT2D eigenvalue weighted by Gasteiger charge is -2.31. The molecule has 0 bridgehead atoms. The van der Waals surface area contributed by atoms with Crippen LogP contribution in [-0.2, 0) is 6.54 Å². The SMILES string of the molecule is CCN1C(=CC=CC=CC=Cc2sc3ccccc3[n+]2CC)SC2CCCCC21. The van der Waals surface area contributed by atoms with Gasteiger partial charge in [0.15, 0.2) is 0 Å². The van der Waals surface area contributed by atoms with Gasteiger partial charge in [-0.2, -0.15) is 4.57 Å². The molecule has 2 aromatic rings. The topological polar surface area (TPSA) is 7.12 Å². The molecule has 2 nitrogen and oxygen atoms in total. The van der Waals surface area contributed by atoms with Gasteiger partial charge in [-0.15, -0.1) is 11.8 Å². The molecule has 2 atom stereocenters. The number of thioether (sulfide) groups is 1. The van der Waals surface area contributed by atoms with Crippen molar-refractivity contribution in [2.24, 2.45) is 0 Å². The van der Waals surface area contributed by atoms with Crippen molar-refractivity contribution in [3.8, 4) is 0 Å². The van der Waals surface area contributed by atoms with E-state index in [1.165, 1.54) is 45.9 Å². The van der Waals surface area contributed by atoms with Gasteiger partial charge in [0.05, 0.1) is 5.03 Å². The Labute approximate surface area is 183 Å². The van der Waals surface area contributed by atoms with Gasteiger partial charge in [-0.05, 0) is 38.8 Å². The summed E-state index contributed by atoms with van der Waals surface area (Å²) in [5, 5.41) is 3.57. The quantitative estimate of drug-likeness (QED) is 0.384. The van der Waals surface area contributed by atoms with Gasteiger partial charge in [0.1, 0.15) is 11.2 Å². The summed E-state index contributed by atoms with van der Waals surface area (Å²) < 4.78 is 3.72. The zero-order valence-electron chi connectivity index (χ0n) is 17.5. The summed E-state index contributed by atoms with van der Waals surface area (Å²) in [5.41, 5.74) is 1.32. The van der Waals surface area contributed by atoms with Crippen LogP contribution in [0.4, 0.5) is 0 Å². The van der Waals surface area contributed by atoms with Crippen LogP contribution < -0.4 is 4.57 Å². The first-order valence-corrected chi connectivity index (χ1v) is 12.6. The average Bonchev–Trinajstić information content (AvgIpc) is 3.29. The van der Waals surface area contributed by atoms with E-state index in [0.717, 1.165) is 24.4 Å². The molecular weight excluding hydrogens is 392 g/mol. The van der Waals surface area contributed by atoms with E-state index in [2.05, 4.69) is 102 Å². The van der Waals surface area contributed by atoms with Gasteiger partial charge >= 0.3 is 0 Å². The van der Waals surface area contributed by atoms with E-state index in [4.69, 9.17) is 0 Å². The van der Waals surface area contributed by atoms with Crippen molar-refractivity contribution < 1.29 is 4.57 Å². The Bertz CT molecular complexity index is 951. The Morgan fingerprint density at radius 3 is 2.69 bits per heavy atom. The van der Waals surface area contributed by atoms with Crippen molar-refractivity contribution >= 4 is 39.4 Å². The van der Waals surface area contributed by atoms with Crippen molar-refractivity contribution in [3.63, 3.8) is 0 Å². The molecule has 2 heterocycles. The number of para-hydroxylation sites is 1. The number of thiazole rings is 1. The van der Waals surface area contributed by atoms with Crippen LogP contribution in [0, 0.1) is 0 Å². The van der Waals surface area contributed by atoms with Crippen LogP contribution in [0.2, 0.25) is 0 Å². The minimum absolute atomic E-state index is 0.767. The van der Waals surface area contributed by atoms with Gasteiger partial charge in [0.2, 0.25) is 5.52 Å². The molecule has 1 aromatic heterocycles. The van der Waals surface area contributed by atoms with Crippen molar-refractivity contribution in [1.82, 2.24) is 4.90 Å². The fourth-order valence-electron chi connectivity index (χ4n) is 4.45. The number of aryl methyl sites for hydroxylation is 1. The molecule has 4 heteroatoms. The van der Waals surface area contributed by atoms with E-state index in [0.29, 0.717) is 0 Å². The van der Waals surface area contributed by atoms with E-state index in [-0.39, 0.29) is 0 Å². The monoisotopic (exact) mass is 423 g/mol. The predicted octanol–water partition coefficient (Wildman–Crippen LogP) is 6.56. The number of rotatable bonds is 6. The van der Waals surface area contributed by atoms with Gasteiger partial charge in [0, 0.05) is 30.0 Å². The van der Waals surface area contributed by atoms with E-state index in [9.17, 15) is 0 Å². The van der Waals surface area contributed by atoms with Crippen LogP contribution in [0.25, 0.3) is 16.3 Å². The lowest BCUT2D eigenvalue weighted by molar-refractivity contribution is -0.665. The number of fused-ring (bicyclic) bond motifs is 2. The summed E-state index contributed by atoms with van der Waals surface area (Å²) in [6.45, 7) is 6.61. The van der Waals surface area contributed by atoms with Crippen molar-refractivity contribution in [2.75, 3.05) is 6.54 Å². The standard InChI is InChI=1S/C25H31N2S2/c1-3-26-20-14-10-12-16-22(20)28-24(26)18-8-6-5-7-9-19-25-27(4-2)21-15-11-13-17-23(21)29-25/h5-10,12,14,16,18-19,21,23H,3-4,11,13,15,17H2,1-2H3/q+1. The minimum Gasteiger partial charge on any atom is -0.363 e. The van der Waals surface area contributed by atoms with E-state index in [1.807, 2.05) is 11.3 Å². The summed E-state index contributed by atoms with van der Waals surface area (Å²) in [4.78, 5) is 2.62. The largest absolute Gasteiger partial charge is 0.363 e. The van der Waals surface area contributed by atoms with E-state index < -0.39 is 0 Å². The Balaban J connectivity index is 1.38. The molecule has 0 N–H and O–H groups in total. The van der Waals surface area contributed by atoms with Crippen molar-refractivity contribution in [2.45, 2.75) is 57.4 Å². The Morgan fingerprint density at radius 2 is 1.83 bits per heavy atom. The molecule has 2 fully saturated rings. The second kappa shape index (κ2) is 9.82. The van der Waals surface area contributed by atoms with Crippen molar-refractivity contribution in [3.05, 3.63) is 70.8 Å².